The first-order valence-electron chi connectivity index (χ1n) is 8.93. The number of rotatable bonds is 7. The van der Waals surface area contributed by atoms with Crippen molar-refractivity contribution in [1.29, 1.82) is 0 Å². The Morgan fingerprint density at radius 2 is 1.96 bits per heavy atom. The molecule has 0 spiro atoms. The van der Waals surface area contributed by atoms with E-state index in [1.165, 1.54) is 0 Å². The van der Waals surface area contributed by atoms with Crippen LogP contribution in [0.3, 0.4) is 0 Å². The van der Waals surface area contributed by atoms with Gasteiger partial charge in [-0.15, -0.1) is 0 Å². The standard InChI is InChI=1S/C19H25N5OS/c1-5-23(6-2)12-13-24(18(25)15-10-11-22(4)21-15)19-20-17-14(3)8-7-9-16(17)26-19/h7-11H,5-6,12-13H2,1-4H3. The van der Waals surface area contributed by atoms with Crippen LogP contribution in [0, 0.1) is 6.92 Å². The Labute approximate surface area is 158 Å². The van der Waals surface area contributed by atoms with Crippen LogP contribution in [0.2, 0.25) is 0 Å². The first-order chi connectivity index (χ1) is 12.5. The highest BCUT2D eigenvalue weighted by molar-refractivity contribution is 7.22. The number of benzene rings is 1. The monoisotopic (exact) mass is 371 g/mol. The highest BCUT2D eigenvalue weighted by Crippen LogP contribution is 2.31. The summed E-state index contributed by atoms with van der Waals surface area (Å²) in [5.74, 6) is -0.102. The number of para-hydroxylation sites is 1. The van der Waals surface area contributed by atoms with Gasteiger partial charge in [0.1, 0.15) is 0 Å². The van der Waals surface area contributed by atoms with Crippen LogP contribution in [-0.4, -0.2) is 51.8 Å². The van der Waals surface area contributed by atoms with Gasteiger partial charge < -0.3 is 4.90 Å². The van der Waals surface area contributed by atoms with Gasteiger partial charge in [-0.2, -0.15) is 5.10 Å². The molecule has 3 rings (SSSR count). The summed E-state index contributed by atoms with van der Waals surface area (Å²) < 4.78 is 2.75. The molecule has 138 valence electrons. The second-order valence-corrected chi connectivity index (χ2v) is 7.29. The molecule has 0 saturated heterocycles. The number of aryl methyl sites for hydroxylation is 2. The van der Waals surface area contributed by atoms with Gasteiger partial charge in [-0.05, 0) is 37.7 Å². The molecule has 0 atom stereocenters. The van der Waals surface area contributed by atoms with E-state index in [0.29, 0.717) is 12.2 Å². The van der Waals surface area contributed by atoms with Crippen LogP contribution >= 0.6 is 11.3 Å². The lowest BCUT2D eigenvalue weighted by Crippen LogP contribution is -2.39. The minimum atomic E-state index is -0.102. The SMILES string of the molecule is CCN(CC)CCN(C(=O)c1ccn(C)n1)c1nc2c(C)cccc2s1. The predicted molar refractivity (Wildman–Crippen MR) is 107 cm³/mol. The Bertz CT molecular complexity index is 896. The Hall–Kier alpha value is -2.25. The number of carbonyl (C=O) groups excluding carboxylic acids is 1. The number of amides is 1. The van der Waals surface area contributed by atoms with Crippen LogP contribution < -0.4 is 4.90 Å². The minimum absolute atomic E-state index is 0.102. The third-order valence-corrected chi connectivity index (χ3v) is 5.60. The van der Waals surface area contributed by atoms with E-state index in [-0.39, 0.29) is 5.91 Å². The van der Waals surface area contributed by atoms with Crippen molar-refractivity contribution in [2.24, 2.45) is 7.05 Å². The van der Waals surface area contributed by atoms with Crippen LogP contribution in [0.25, 0.3) is 10.2 Å². The Morgan fingerprint density at radius 1 is 1.19 bits per heavy atom. The Kier molecular flexibility index (Phi) is 5.68. The minimum Gasteiger partial charge on any atom is -0.302 e. The lowest BCUT2D eigenvalue weighted by atomic mass is 10.2. The van der Waals surface area contributed by atoms with Crippen LogP contribution in [-0.2, 0) is 7.05 Å². The third kappa shape index (κ3) is 3.78. The molecule has 0 radical (unpaired) electrons. The molecule has 6 nitrogen and oxygen atoms in total. The largest absolute Gasteiger partial charge is 0.302 e. The van der Waals surface area contributed by atoms with E-state index >= 15 is 0 Å². The summed E-state index contributed by atoms with van der Waals surface area (Å²) in [5, 5.41) is 5.02. The highest BCUT2D eigenvalue weighted by atomic mass is 32.1. The smallest absolute Gasteiger partial charge is 0.280 e. The van der Waals surface area contributed by atoms with Gasteiger partial charge >= 0.3 is 0 Å². The molecule has 0 aliphatic carbocycles. The van der Waals surface area contributed by atoms with Crippen molar-refractivity contribution >= 4 is 32.6 Å². The number of fused-ring (bicyclic) bond motifs is 1. The molecular weight excluding hydrogens is 346 g/mol. The molecule has 0 unspecified atom stereocenters. The van der Waals surface area contributed by atoms with Crippen molar-refractivity contribution in [3.63, 3.8) is 0 Å². The predicted octanol–water partition coefficient (Wildman–Crippen LogP) is 3.33. The molecule has 0 fully saturated rings. The van der Waals surface area contributed by atoms with Crippen LogP contribution in [0.5, 0.6) is 0 Å². The van der Waals surface area contributed by atoms with E-state index in [1.54, 1.807) is 33.2 Å². The Morgan fingerprint density at radius 3 is 2.58 bits per heavy atom. The van der Waals surface area contributed by atoms with Crippen molar-refractivity contribution in [2.45, 2.75) is 20.8 Å². The highest BCUT2D eigenvalue weighted by Gasteiger charge is 2.23. The lowest BCUT2D eigenvalue weighted by Gasteiger charge is -2.24. The number of likely N-dealkylation sites (N-methyl/N-ethyl adjacent to an activating group) is 1. The molecule has 26 heavy (non-hydrogen) atoms. The maximum Gasteiger partial charge on any atom is 0.280 e. The van der Waals surface area contributed by atoms with Crippen molar-refractivity contribution in [1.82, 2.24) is 19.7 Å². The molecule has 1 aromatic carbocycles. The molecule has 7 heteroatoms. The molecular formula is C19H25N5OS. The van der Waals surface area contributed by atoms with Crippen molar-refractivity contribution in [3.8, 4) is 0 Å². The van der Waals surface area contributed by atoms with E-state index in [1.807, 2.05) is 26.1 Å². The molecule has 3 aromatic rings. The topological polar surface area (TPSA) is 54.3 Å². The van der Waals surface area contributed by atoms with Gasteiger partial charge in [0.2, 0.25) is 0 Å². The van der Waals surface area contributed by atoms with E-state index in [0.717, 1.165) is 40.5 Å². The van der Waals surface area contributed by atoms with Gasteiger partial charge in [0.25, 0.3) is 5.91 Å². The van der Waals surface area contributed by atoms with Gasteiger partial charge in [-0.3, -0.25) is 14.4 Å². The molecule has 2 aromatic heterocycles. The first-order valence-corrected chi connectivity index (χ1v) is 9.75. The van der Waals surface area contributed by atoms with E-state index < -0.39 is 0 Å². The van der Waals surface area contributed by atoms with E-state index in [9.17, 15) is 4.79 Å². The maximum absolute atomic E-state index is 13.1. The number of carbonyl (C=O) groups is 1. The zero-order valence-electron chi connectivity index (χ0n) is 15.8. The molecule has 1 amide bonds. The van der Waals surface area contributed by atoms with Crippen molar-refractivity contribution < 1.29 is 4.79 Å². The average Bonchev–Trinajstić information content (AvgIpc) is 3.25. The Balaban J connectivity index is 1.95. The summed E-state index contributed by atoms with van der Waals surface area (Å²) in [4.78, 5) is 21.9. The molecule has 0 bridgehead atoms. The molecule has 2 heterocycles. The van der Waals surface area contributed by atoms with Crippen molar-refractivity contribution in [3.05, 3.63) is 41.7 Å². The summed E-state index contributed by atoms with van der Waals surface area (Å²) in [7, 11) is 1.82. The zero-order chi connectivity index (χ0) is 18.7. The fourth-order valence-electron chi connectivity index (χ4n) is 2.92. The number of hydrogen-bond donors (Lipinski definition) is 0. The zero-order valence-corrected chi connectivity index (χ0v) is 16.6. The summed E-state index contributed by atoms with van der Waals surface area (Å²) in [5.41, 5.74) is 2.54. The number of hydrogen-bond acceptors (Lipinski definition) is 5. The van der Waals surface area contributed by atoms with Crippen LogP contribution in [0.15, 0.2) is 30.5 Å². The second kappa shape index (κ2) is 7.97. The normalized spacial score (nSPS) is 11.4. The van der Waals surface area contributed by atoms with Crippen LogP contribution in [0.4, 0.5) is 5.13 Å². The summed E-state index contributed by atoms with van der Waals surface area (Å²) in [6, 6.07) is 7.88. The van der Waals surface area contributed by atoms with E-state index in [4.69, 9.17) is 4.98 Å². The third-order valence-electron chi connectivity index (χ3n) is 4.55. The van der Waals surface area contributed by atoms with E-state index in [2.05, 4.69) is 29.9 Å². The van der Waals surface area contributed by atoms with Crippen LogP contribution in [0.1, 0.15) is 29.9 Å². The number of aromatic nitrogens is 3. The maximum atomic E-state index is 13.1. The summed E-state index contributed by atoms with van der Waals surface area (Å²) >= 11 is 1.56. The van der Waals surface area contributed by atoms with Crippen molar-refractivity contribution in [2.75, 3.05) is 31.1 Å². The molecule has 0 aliphatic heterocycles. The lowest BCUT2D eigenvalue weighted by molar-refractivity contribution is 0.0978. The number of anilines is 1. The summed E-state index contributed by atoms with van der Waals surface area (Å²) in [6.45, 7) is 9.64. The summed E-state index contributed by atoms with van der Waals surface area (Å²) in [6.07, 6.45) is 1.79. The fraction of sp³-hybridized carbons (Fsp3) is 0.421. The quantitative estimate of drug-likeness (QED) is 0.639. The number of thiazole rings is 1. The molecule has 0 aliphatic rings. The van der Waals surface area contributed by atoms with Gasteiger partial charge in [-0.25, -0.2) is 4.98 Å². The average molecular weight is 372 g/mol. The number of nitrogens with zero attached hydrogens (tertiary/aromatic N) is 5. The fourth-order valence-corrected chi connectivity index (χ4v) is 3.99. The van der Waals surface area contributed by atoms with Gasteiger partial charge in [0.05, 0.1) is 10.2 Å². The van der Waals surface area contributed by atoms with Gasteiger partial charge in [-0.1, -0.05) is 37.3 Å². The second-order valence-electron chi connectivity index (χ2n) is 6.28. The molecule has 0 N–H and O–H groups in total. The molecule has 0 saturated carbocycles. The van der Waals surface area contributed by atoms with Gasteiger partial charge in [0, 0.05) is 26.3 Å². The first kappa shape index (κ1) is 18.5. The van der Waals surface area contributed by atoms with Gasteiger partial charge in [0.15, 0.2) is 10.8 Å².